The Labute approximate surface area is 124 Å². The van der Waals surface area contributed by atoms with Crippen molar-refractivity contribution in [1.29, 1.82) is 0 Å². The van der Waals surface area contributed by atoms with Crippen molar-refractivity contribution in [2.24, 2.45) is 22.2 Å². The molecule has 1 aliphatic rings. The number of hydrogen-bond donors (Lipinski definition) is 2. The lowest BCUT2D eigenvalue weighted by Crippen LogP contribution is -2.32. The van der Waals surface area contributed by atoms with Gasteiger partial charge in [-0.1, -0.05) is 39.3 Å². The summed E-state index contributed by atoms with van der Waals surface area (Å²) in [6, 6.07) is 0.853. The van der Waals surface area contributed by atoms with Crippen LogP contribution in [0.1, 0.15) is 66.2 Å². The number of unbranched alkanes of at least 4 members (excludes halogenated alkanes) is 1. The summed E-state index contributed by atoms with van der Waals surface area (Å²) in [7, 11) is 0. The molecule has 1 fully saturated rings. The van der Waals surface area contributed by atoms with Gasteiger partial charge in [0.15, 0.2) is 0 Å². The van der Waals surface area contributed by atoms with Crippen molar-refractivity contribution < 1.29 is 5.21 Å². The molecule has 0 unspecified atom stereocenters. The number of nitrogens with two attached hydrogens (primary N) is 1. The van der Waals surface area contributed by atoms with Crippen LogP contribution in [-0.4, -0.2) is 35.1 Å². The molecule has 0 heterocycles. The van der Waals surface area contributed by atoms with E-state index in [0.29, 0.717) is 5.84 Å². The Hall–Kier alpha value is -0.770. The molecule has 0 aromatic carbocycles. The number of oxime groups is 1. The number of hydrogen-bond acceptors (Lipinski definition) is 3. The summed E-state index contributed by atoms with van der Waals surface area (Å²) in [5, 5.41) is 11.9. The van der Waals surface area contributed by atoms with Crippen molar-refractivity contribution in [3.63, 3.8) is 0 Å². The Morgan fingerprint density at radius 3 is 2.45 bits per heavy atom. The largest absolute Gasteiger partial charge is 0.409 e. The normalized spacial score (nSPS) is 17.2. The Bertz CT molecular complexity index is 309. The summed E-state index contributed by atoms with van der Waals surface area (Å²) < 4.78 is 0. The van der Waals surface area contributed by atoms with Crippen molar-refractivity contribution >= 4 is 5.84 Å². The molecule has 1 aliphatic carbocycles. The van der Waals surface area contributed by atoms with Crippen LogP contribution in [0.2, 0.25) is 0 Å². The molecule has 1 rings (SSSR count). The molecule has 0 bridgehead atoms. The van der Waals surface area contributed by atoms with Gasteiger partial charge in [-0.05, 0) is 51.1 Å². The van der Waals surface area contributed by atoms with Crippen LogP contribution >= 0.6 is 0 Å². The van der Waals surface area contributed by atoms with E-state index < -0.39 is 0 Å². The van der Waals surface area contributed by atoms with Crippen LogP contribution in [0.4, 0.5) is 0 Å². The fourth-order valence-electron chi connectivity index (χ4n) is 2.49. The second-order valence-corrected chi connectivity index (χ2v) is 7.28. The van der Waals surface area contributed by atoms with Crippen molar-refractivity contribution in [3.05, 3.63) is 0 Å². The Kier molecular flexibility index (Phi) is 6.80. The highest BCUT2D eigenvalue weighted by Gasteiger charge is 2.28. The third-order valence-corrected chi connectivity index (χ3v) is 4.36. The number of rotatable bonds is 10. The highest BCUT2D eigenvalue weighted by molar-refractivity contribution is 5.85. The van der Waals surface area contributed by atoms with Gasteiger partial charge in [0.25, 0.3) is 0 Å². The molecule has 0 aromatic rings. The second kappa shape index (κ2) is 7.87. The van der Waals surface area contributed by atoms with E-state index in [-0.39, 0.29) is 5.41 Å². The minimum absolute atomic E-state index is 0.197. The summed E-state index contributed by atoms with van der Waals surface area (Å²) in [6.07, 6.45) is 7.38. The summed E-state index contributed by atoms with van der Waals surface area (Å²) in [5.74, 6) is 1.13. The Morgan fingerprint density at radius 1 is 1.30 bits per heavy atom. The zero-order valence-corrected chi connectivity index (χ0v) is 13.7. The third kappa shape index (κ3) is 6.12. The maximum absolute atomic E-state index is 8.77. The lowest BCUT2D eigenvalue weighted by Gasteiger charge is -2.25. The topological polar surface area (TPSA) is 61.8 Å². The number of amidine groups is 1. The number of nitrogens with zero attached hydrogens (tertiary/aromatic N) is 2. The SMILES string of the molecule is CC(C)CCN(CCCCC(C)(C)C(N)=NO)C1CC1. The molecule has 0 radical (unpaired) electrons. The molecule has 118 valence electrons. The van der Waals surface area contributed by atoms with Crippen LogP contribution in [0.15, 0.2) is 5.16 Å². The Morgan fingerprint density at radius 2 is 1.95 bits per heavy atom. The van der Waals surface area contributed by atoms with Crippen LogP contribution < -0.4 is 5.73 Å². The standard InChI is InChI=1S/C16H33N3O/c1-13(2)9-12-19(14-7-8-14)11-6-5-10-16(3,4)15(17)18-20/h13-14,20H,5-12H2,1-4H3,(H2,17,18). The Balaban J connectivity index is 2.24. The van der Waals surface area contributed by atoms with Gasteiger partial charge in [0, 0.05) is 11.5 Å². The fraction of sp³-hybridized carbons (Fsp3) is 0.938. The highest BCUT2D eigenvalue weighted by Crippen LogP contribution is 2.28. The molecule has 0 atom stereocenters. The van der Waals surface area contributed by atoms with Gasteiger partial charge in [0.1, 0.15) is 5.84 Å². The molecule has 0 saturated heterocycles. The van der Waals surface area contributed by atoms with E-state index >= 15 is 0 Å². The predicted octanol–water partition coefficient (Wildman–Crippen LogP) is 3.44. The van der Waals surface area contributed by atoms with E-state index in [1.54, 1.807) is 0 Å². The van der Waals surface area contributed by atoms with Gasteiger partial charge in [0.2, 0.25) is 0 Å². The van der Waals surface area contributed by atoms with Crippen molar-refractivity contribution in [3.8, 4) is 0 Å². The summed E-state index contributed by atoms with van der Waals surface area (Å²) in [4.78, 5) is 2.66. The van der Waals surface area contributed by atoms with Gasteiger partial charge in [-0.3, -0.25) is 0 Å². The molecule has 3 N–H and O–H groups in total. The first-order valence-corrected chi connectivity index (χ1v) is 8.09. The summed E-state index contributed by atoms with van der Waals surface area (Å²) in [6.45, 7) is 11.1. The van der Waals surface area contributed by atoms with Crippen LogP contribution in [0, 0.1) is 11.3 Å². The first-order chi connectivity index (χ1) is 9.36. The van der Waals surface area contributed by atoms with Gasteiger partial charge < -0.3 is 15.8 Å². The quantitative estimate of drug-likeness (QED) is 0.212. The van der Waals surface area contributed by atoms with Gasteiger partial charge in [-0.2, -0.15) is 0 Å². The summed E-state index contributed by atoms with van der Waals surface area (Å²) >= 11 is 0. The lowest BCUT2D eigenvalue weighted by molar-refractivity contribution is 0.238. The molecule has 0 aromatic heterocycles. The predicted molar refractivity (Wildman–Crippen MR) is 85.1 cm³/mol. The highest BCUT2D eigenvalue weighted by atomic mass is 16.4. The molecule has 4 nitrogen and oxygen atoms in total. The van der Waals surface area contributed by atoms with E-state index in [1.807, 2.05) is 13.8 Å². The van der Waals surface area contributed by atoms with E-state index in [1.165, 1.54) is 38.8 Å². The van der Waals surface area contributed by atoms with Crippen molar-refractivity contribution in [2.45, 2.75) is 72.3 Å². The van der Waals surface area contributed by atoms with Crippen LogP contribution in [0.3, 0.4) is 0 Å². The zero-order valence-electron chi connectivity index (χ0n) is 13.7. The van der Waals surface area contributed by atoms with Crippen molar-refractivity contribution in [2.75, 3.05) is 13.1 Å². The molecule has 1 saturated carbocycles. The second-order valence-electron chi connectivity index (χ2n) is 7.28. The molecular weight excluding hydrogens is 250 g/mol. The van der Waals surface area contributed by atoms with Crippen LogP contribution in [0.5, 0.6) is 0 Å². The molecular formula is C16H33N3O. The van der Waals surface area contributed by atoms with Gasteiger partial charge >= 0.3 is 0 Å². The minimum atomic E-state index is -0.197. The first-order valence-electron chi connectivity index (χ1n) is 8.09. The average molecular weight is 283 g/mol. The van der Waals surface area contributed by atoms with Crippen molar-refractivity contribution in [1.82, 2.24) is 4.90 Å². The van der Waals surface area contributed by atoms with Gasteiger partial charge in [-0.25, -0.2) is 0 Å². The van der Waals surface area contributed by atoms with E-state index in [4.69, 9.17) is 10.9 Å². The van der Waals surface area contributed by atoms with Crippen LogP contribution in [-0.2, 0) is 0 Å². The minimum Gasteiger partial charge on any atom is -0.409 e. The lowest BCUT2D eigenvalue weighted by atomic mass is 9.86. The van der Waals surface area contributed by atoms with Crippen LogP contribution in [0.25, 0.3) is 0 Å². The average Bonchev–Trinajstić information content (AvgIpc) is 3.20. The fourth-order valence-corrected chi connectivity index (χ4v) is 2.49. The monoisotopic (exact) mass is 283 g/mol. The van der Waals surface area contributed by atoms with E-state index in [2.05, 4.69) is 23.9 Å². The smallest absolute Gasteiger partial charge is 0.144 e. The third-order valence-electron chi connectivity index (χ3n) is 4.36. The first kappa shape index (κ1) is 17.3. The maximum Gasteiger partial charge on any atom is 0.144 e. The molecule has 0 amide bonds. The van der Waals surface area contributed by atoms with Gasteiger partial charge in [-0.15, -0.1) is 0 Å². The molecule has 0 aliphatic heterocycles. The van der Waals surface area contributed by atoms with E-state index in [9.17, 15) is 0 Å². The van der Waals surface area contributed by atoms with E-state index in [0.717, 1.165) is 24.8 Å². The summed E-state index contributed by atoms with van der Waals surface area (Å²) in [5.41, 5.74) is 5.52. The van der Waals surface area contributed by atoms with Gasteiger partial charge in [0.05, 0.1) is 0 Å². The molecule has 20 heavy (non-hydrogen) atoms. The molecule has 4 heteroatoms. The molecule has 0 spiro atoms. The zero-order chi connectivity index (χ0) is 15.2. The maximum atomic E-state index is 8.77.